The molecule has 0 radical (unpaired) electrons. The maximum absolute atomic E-state index is 3.83. The van der Waals surface area contributed by atoms with Gasteiger partial charge in [-0.3, -0.25) is 0 Å². The molecule has 0 amide bonds. The quantitative estimate of drug-likeness (QED) is 0.369. The second kappa shape index (κ2) is 5.47. The minimum Gasteiger partial charge on any atom is -0.313 e. The van der Waals surface area contributed by atoms with Crippen molar-refractivity contribution in [2.75, 3.05) is 7.05 Å². The molecule has 11 heavy (non-hydrogen) atoms. The Morgan fingerprint density at radius 1 is 1.55 bits per heavy atom. The monoisotopic (exact) mass is 150 g/mol. The first kappa shape index (κ1) is 9.69. The van der Waals surface area contributed by atoms with Crippen molar-refractivity contribution in [3.8, 4) is 0 Å². The summed E-state index contributed by atoms with van der Waals surface area (Å²) >= 11 is 0. The Morgan fingerprint density at radius 3 is 2.55 bits per heavy atom. The van der Waals surface area contributed by atoms with Gasteiger partial charge in [0.15, 0.2) is 0 Å². The van der Waals surface area contributed by atoms with E-state index in [1.807, 2.05) is 13.0 Å². The zero-order valence-electron chi connectivity index (χ0n) is 7.09. The molecular weight excluding hydrogens is 136 g/mol. The third-order valence-corrected chi connectivity index (χ3v) is 1.25. The summed E-state index contributed by atoms with van der Waals surface area (Å²) in [5.41, 5.74) is 4.51. The lowest BCUT2D eigenvalue weighted by Crippen LogP contribution is -1.96. The molecule has 0 rings (SSSR count). The predicted molar refractivity (Wildman–Crippen MR) is 50.6 cm³/mol. The van der Waals surface area contributed by atoms with Gasteiger partial charge in [-0.05, 0) is 18.1 Å². The molecule has 0 heterocycles. The van der Waals surface area contributed by atoms with Crippen molar-refractivity contribution >= 4 is 6.21 Å². The number of nitrogens with zero attached hydrogens (tertiary/aromatic N) is 1. The number of hydrogen-bond acceptors (Lipinski definition) is 2. The minimum absolute atomic E-state index is 0.858. The zero-order valence-corrected chi connectivity index (χ0v) is 7.09. The molecule has 0 aliphatic carbocycles. The molecule has 0 bridgehead atoms. The largest absolute Gasteiger partial charge is 0.313 e. The van der Waals surface area contributed by atoms with Crippen molar-refractivity contribution in [1.82, 2.24) is 5.43 Å². The molecule has 0 atom stereocenters. The highest BCUT2D eigenvalue weighted by Gasteiger charge is 1.91. The van der Waals surface area contributed by atoms with Crippen LogP contribution in [0.2, 0.25) is 0 Å². The zero-order chi connectivity index (χ0) is 8.69. The molecular formula is C9H14N2. The summed E-state index contributed by atoms with van der Waals surface area (Å²) in [7, 11) is 1.74. The van der Waals surface area contributed by atoms with Gasteiger partial charge >= 0.3 is 0 Å². The normalized spacial score (nSPS) is 11.6. The van der Waals surface area contributed by atoms with Crippen molar-refractivity contribution in [2.45, 2.75) is 6.92 Å². The summed E-state index contributed by atoms with van der Waals surface area (Å²) in [6, 6.07) is 0. The van der Waals surface area contributed by atoms with E-state index in [2.05, 4.69) is 23.7 Å². The van der Waals surface area contributed by atoms with Gasteiger partial charge in [0.05, 0.1) is 6.21 Å². The standard InChI is InChI=1S/C9H14N2/c1-5-9(6-2)8(3)7-11-10-4/h5-7,10H,1,3H2,2,4H3/b9-6+,11-7-. The minimum atomic E-state index is 0.858. The van der Waals surface area contributed by atoms with Gasteiger partial charge in [-0.15, -0.1) is 0 Å². The lowest BCUT2D eigenvalue weighted by atomic mass is 10.1. The lowest BCUT2D eigenvalue weighted by molar-refractivity contribution is 0.908. The summed E-state index contributed by atoms with van der Waals surface area (Å²) < 4.78 is 0. The second-order valence-electron chi connectivity index (χ2n) is 1.96. The van der Waals surface area contributed by atoms with Crippen LogP contribution in [0.5, 0.6) is 0 Å². The third kappa shape index (κ3) is 3.40. The van der Waals surface area contributed by atoms with Gasteiger partial charge in [-0.1, -0.05) is 25.3 Å². The van der Waals surface area contributed by atoms with Crippen LogP contribution in [0.25, 0.3) is 0 Å². The van der Waals surface area contributed by atoms with Crippen LogP contribution in [0, 0.1) is 0 Å². The Balaban J connectivity index is 4.23. The van der Waals surface area contributed by atoms with Crippen molar-refractivity contribution < 1.29 is 0 Å². The number of nitrogens with one attached hydrogen (secondary N) is 1. The highest BCUT2D eigenvalue weighted by Crippen LogP contribution is 2.04. The molecule has 0 fully saturated rings. The van der Waals surface area contributed by atoms with E-state index >= 15 is 0 Å². The van der Waals surface area contributed by atoms with E-state index in [4.69, 9.17) is 0 Å². The number of hydrogen-bond donors (Lipinski definition) is 1. The van der Waals surface area contributed by atoms with Gasteiger partial charge in [-0.2, -0.15) is 5.10 Å². The first-order chi connectivity index (χ1) is 5.26. The van der Waals surface area contributed by atoms with Crippen molar-refractivity contribution in [1.29, 1.82) is 0 Å². The smallest absolute Gasteiger partial charge is 0.0540 e. The fourth-order valence-electron chi connectivity index (χ4n) is 0.651. The van der Waals surface area contributed by atoms with Gasteiger partial charge in [-0.25, -0.2) is 0 Å². The van der Waals surface area contributed by atoms with Crippen LogP contribution in [0.3, 0.4) is 0 Å². The fraction of sp³-hybridized carbons (Fsp3) is 0.222. The summed E-state index contributed by atoms with van der Waals surface area (Å²) in [5.74, 6) is 0. The van der Waals surface area contributed by atoms with Crippen LogP contribution < -0.4 is 5.43 Å². The van der Waals surface area contributed by atoms with Crippen LogP contribution in [0.4, 0.5) is 0 Å². The molecule has 1 N–H and O–H groups in total. The van der Waals surface area contributed by atoms with Crippen molar-refractivity contribution in [3.05, 3.63) is 36.5 Å². The lowest BCUT2D eigenvalue weighted by Gasteiger charge is -1.97. The summed E-state index contributed by atoms with van der Waals surface area (Å²) in [4.78, 5) is 0. The van der Waals surface area contributed by atoms with Crippen LogP contribution in [0.15, 0.2) is 41.6 Å². The summed E-state index contributed by atoms with van der Waals surface area (Å²) in [5, 5.41) is 3.83. The third-order valence-electron chi connectivity index (χ3n) is 1.25. The second-order valence-corrected chi connectivity index (χ2v) is 1.96. The van der Waals surface area contributed by atoms with Crippen molar-refractivity contribution in [2.24, 2.45) is 5.10 Å². The van der Waals surface area contributed by atoms with Gasteiger partial charge in [0, 0.05) is 7.05 Å². The molecule has 0 saturated carbocycles. The van der Waals surface area contributed by atoms with E-state index in [1.54, 1.807) is 19.3 Å². The van der Waals surface area contributed by atoms with E-state index in [-0.39, 0.29) is 0 Å². The topological polar surface area (TPSA) is 24.4 Å². The predicted octanol–water partition coefficient (Wildman–Crippen LogP) is 1.88. The summed E-state index contributed by atoms with van der Waals surface area (Å²) in [6.07, 6.45) is 5.36. The maximum Gasteiger partial charge on any atom is 0.0540 e. The fourth-order valence-corrected chi connectivity index (χ4v) is 0.651. The van der Waals surface area contributed by atoms with Crippen LogP contribution in [-0.4, -0.2) is 13.3 Å². The molecule has 60 valence electrons. The Bertz CT molecular complexity index is 200. The van der Waals surface area contributed by atoms with Crippen LogP contribution in [-0.2, 0) is 0 Å². The molecule has 0 aromatic carbocycles. The van der Waals surface area contributed by atoms with E-state index < -0.39 is 0 Å². The van der Waals surface area contributed by atoms with Gasteiger partial charge in [0.1, 0.15) is 0 Å². The molecule has 0 aliphatic heterocycles. The molecule has 0 saturated heterocycles. The van der Waals surface area contributed by atoms with E-state index in [0.717, 1.165) is 11.1 Å². The first-order valence-corrected chi connectivity index (χ1v) is 3.44. The molecule has 0 spiro atoms. The van der Waals surface area contributed by atoms with Crippen LogP contribution in [0.1, 0.15) is 6.92 Å². The Labute approximate surface area is 68.0 Å². The van der Waals surface area contributed by atoms with E-state index in [9.17, 15) is 0 Å². The van der Waals surface area contributed by atoms with Gasteiger partial charge < -0.3 is 5.43 Å². The SMILES string of the molecule is C=C/C(=C\C)C(=C)/C=N\NC. The van der Waals surface area contributed by atoms with E-state index in [0.29, 0.717) is 0 Å². The Kier molecular flexibility index (Phi) is 4.82. The molecule has 0 unspecified atom stereocenters. The first-order valence-electron chi connectivity index (χ1n) is 3.44. The number of allylic oxidation sites excluding steroid dienone is 4. The van der Waals surface area contributed by atoms with E-state index in [1.165, 1.54) is 0 Å². The maximum atomic E-state index is 3.83. The average molecular weight is 150 g/mol. The molecule has 2 heteroatoms. The molecule has 0 aromatic rings. The highest BCUT2D eigenvalue weighted by atomic mass is 15.3. The van der Waals surface area contributed by atoms with Gasteiger partial charge in [0.2, 0.25) is 0 Å². The van der Waals surface area contributed by atoms with Crippen molar-refractivity contribution in [3.63, 3.8) is 0 Å². The summed E-state index contributed by atoms with van der Waals surface area (Å²) in [6.45, 7) is 9.40. The number of rotatable bonds is 4. The molecule has 0 aromatic heterocycles. The average Bonchev–Trinajstić information content (AvgIpc) is 2.03. The molecule has 2 nitrogen and oxygen atoms in total. The number of hydrazone groups is 1. The van der Waals surface area contributed by atoms with Gasteiger partial charge in [0.25, 0.3) is 0 Å². The Hall–Kier alpha value is -1.31. The molecule has 0 aliphatic rings. The Morgan fingerprint density at radius 2 is 2.18 bits per heavy atom. The highest BCUT2D eigenvalue weighted by molar-refractivity contribution is 5.84. The van der Waals surface area contributed by atoms with Crippen LogP contribution >= 0.6 is 0 Å².